The number of rotatable bonds is 4. The molecule has 6 heteroatoms. The van der Waals surface area contributed by atoms with Gasteiger partial charge in [-0.25, -0.2) is 9.97 Å². The van der Waals surface area contributed by atoms with Crippen LogP contribution in [0.25, 0.3) is 0 Å². The quantitative estimate of drug-likeness (QED) is 0.653. The lowest BCUT2D eigenvalue weighted by molar-refractivity contribution is 0.466. The molecule has 0 fully saturated rings. The third-order valence-corrected chi connectivity index (χ3v) is 3.01. The van der Waals surface area contributed by atoms with Gasteiger partial charge >= 0.3 is 0 Å². The molecule has 2 rings (SSSR count). The fraction of sp³-hybridized carbons (Fsp3) is 0.333. The molecule has 1 atom stereocenters. The molecule has 18 heavy (non-hydrogen) atoms. The van der Waals surface area contributed by atoms with Crippen LogP contribution in [0, 0.1) is 6.92 Å². The second-order valence-corrected chi connectivity index (χ2v) is 4.75. The number of nitrogens with two attached hydrogens (primary N) is 1. The van der Waals surface area contributed by atoms with Gasteiger partial charge < -0.3 is 15.5 Å². The van der Waals surface area contributed by atoms with E-state index in [4.69, 9.17) is 10.2 Å². The van der Waals surface area contributed by atoms with Crippen LogP contribution in [-0.4, -0.2) is 16.2 Å². The van der Waals surface area contributed by atoms with E-state index in [2.05, 4.69) is 15.3 Å². The number of anilines is 2. The fourth-order valence-electron chi connectivity index (χ4n) is 1.59. The summed E-state index contributed by atoms with van der Waals surface area (Å²) in [5.74, 6) is 2.93. The number of thioether (sulfide) groups is 1. The van der Waals surface area contributed by atoms with Crippen LogP contribution in [0.2, 0.25) is 0 Å². The van der Waals surface area contributed by atoms with Crippen LogP contribution < -0.4 is 11.1 Å². The summed E-state index contributed by atoms with van der Waals surface area (Å²) >= 11 is 1.46. The van der Waals surface area contributed by atoms with Crippen LogP contribution in [0.5, 0.6) is 0 Å². The Bertz CT molecular complexity index is 541. The molecule has 0 aromatic carbocycles. The first-order valence-electron chi connectivity index (χ1n) is 5.60. The minimum absolute atomic E-state index is 0.0303. The topological polar surface area (TPSA) is 77.0 Å². The zero-order chi connectivity index (χ0) is 13.1. The molecule has 2 aromatic rings. The summed E-state index contributed by atoms with van der Waals surface area (Å²) in [7, 11) is 0. The van der Waals surface area contributed by atoms with Gasteiger partial charge in [0.15, 0.2) is 5.16 Å². The van der Waals surface area contributed by atoms with Crippen molar-refractivity contribution in [2.75, 3.05) is 17.3 Å². The predicted molar refractivity (Wildman–Crippen MR) is 73.7 cm³/mol. The highest BCUT2D eigenvalue weighted by molar-refractivity contribution is 7.98. The van der Waals surface area contributed by atoms with Crippen molar-refractivity contribution in [3.63, 3.8) is 0 Å². The highest BCUT2D eigenvalue weighted by atomic mass is 32.2. The Morgan fingerprint density at radius 2 is 2.17 bits per heavy atom. The third kappa shape index (κ3) is 2.95. The average molecular weight is 264 g/mol. The first-order valence-corrected chi connectivity index (χ1v) is 6.82. The van der Waals surface area contributed by atoms with E-state index in [1.165, 1.54) is 11.8 Å². The van der Waals surface area contributed by atoms with Crippen LogP contribution >= 0.6 is 11.8 Å². The molecule has 0 amide bonds. The normalized spacial score (nSPS) is 12.4. The van der Waals surface area contributed by atoms with Crippen molar-refractivity contribution in [2.24, 2.45) is 0 Å². The van der Waals surface area contributed by atoms with E-state index >= 15 is 0 Å². The van der Waals surface area contributed by atoms with E-state index < -0.39 is 0 Å². The maximum atomic E-state index is 5.73. The molecular weight excluding hydrogens is 248 g/mol. The minimum atomic E-state index is 0.0303. The largest absolute Gasteiger partial charge is 0.464 e. The molecule has 2 aromatic heterocycles. The molecule has 1 unspecified atom stereocenters. The van der Waals surface area contributed by atoms with E-state index in [1.54, 1.807) is 6.07 Å². The zero-order valence-corrected chi connectivity index (χ0v) is 11.4. The number of nitrogens with one attached hydrogen (secondary N) is 1. The summed E-state index contributed by atoms with van der Waals surface area (Å²) in [6.45, 7) is 3.93. The van der Waals surface area contributed by atoms with Crippen LogP contribution in [0.15, 0.2) is 27.8 Å². The van der Waals surface area contributed by atoms with E-state index in [0.717, 1.165) is 11.5 Å². The lowest BCUT2D eigenvalue weighted by Crippen LogP contribution is -2.08. The van der Waals surface area contributed by atoms with Crippen molar-refractivity contribution in [2.45, 2.75) is 25.0 Å². The Morgan fingerprint density at radius 3 is 2.78 bits per heavy atom. The summed E-state index contributed by atoms with van der Waals surface area (Å²) < 4.78 is 5.56. The summed E-state index contributed by atoms with van der Waals surface area (Å²) in [5, 5.41) is 3.90. The van der Waals surface area contributed by atoms with Crippen LogP contribution in [-0.2, 0) is 0 Å². The first kappa shape index (κ1) is 12.8. The Kier molecular flexibility index (Phi) is 3.76. The molecule has 2 heterocycles. The molecule has 0 radical (unpaired) electrons. The number of furan rings is 1. The van der Waals surface area contributed by atoms with E-state index in [1.807, 2.05) is 32.2 Å². The molecule has 0 saturated carbocycles. The molecule has 0 bridgehead atoms. The number of nitrogen functional groups attached to an aromatic ring is 1. The second kappa shape index (κ2) is 5.30. The zero-order valence-electron chi connectivity index (χ0n) is 10.6. The van der Waals surface area contributed by atoms with E-state index in [9.17, 15) is 0 Å². The lowest BCUT2D eigenvalue weighted by atomic mass is 10.2. The molecule has 0 aliphatic rings. The van der Waals surface area contributed by atoms with Crippen LogP contribution in [0.4, 0.5) is 11.6 Å². The van der Waals surface area contributed by atoms with Gasteiger partial charge in [0, 0.05) is 6.07 Å². The molecule has 0 aliphatic heterocycles. The summed E-state index contributed by atoms with van der Waals surface area (Å²) in [4.78, 5) is 8.45. The standard InChI is InChI=1S/C12H16N4OS/c1-7-4-5-9(17-7)8(2)14-11-6-10(13)15-12(16-11)18-3/h4-6,8H,1-3H3,(H3,13,14,15,16). The van der Waals surface area contributed by atoms with Gasteiger partial charge in [0.05, 0.1) is 6.04 Å². The van der Waals surface area contributed by atoms with Gasteiger partial charge in [-0.1, -0.05) is 11.8 Å². The van der Waals surface area contributed by atoms with Gasteiger partial charge in [0.2, 0.25) is 0 Å². The highest BCUT2D eigenvalue weighted by Gasteiger charge is 2.11. The Morgan fingerprint density at radius 1 is 1.39 bits per heavy atom. The van der Waals surface area contributed by atoms with Gasteiger partial charge in [-0.05, 0) is 32.2 Å². The SMILES string of the molecule is CSc1nc(N)cc(NC(C)c2ccc(C)o2)n1. The lowest BCUT2D eigenvalue weighted by Gasteiger charge is -2.12. The molecule has 0 aliphatic carbocycles. The molecular formula is C12H16N4OS. The molecule has 0 spiro atoms. The number of hydrogen-bond donors (Lipinski definition) is 2. The van der Waals surface area contributed by atoms with Crippen molar-refractivity contribution >= 4 is 23.4 Å². The summed E-state index contributed by atoms with van der Waals surface area (Å²) in [6.07, 6.45) is 1.91. The van der Waals surface area contributed by atoms with Crippen molar-refractivity contribution in [1.29, 1.82) is 0 Å². The van der Waals surface area contributed by atoms with Gasteiger partial charge in [0.1, 0.15) is 23.2 Å². The van der Waals surface area contributed by atoms with Crippen molar-refractivity contribution in [3.05, 3.63) is 29.7 Å². The minimum Gasteiger partial charge on any atom is -0.464 e. The second-order valence-electron chi connectivity index (χ2n) is 3.98. The van der Waals surface area contributed by atoms with Crippen molar-refractivity contribution < 1.29 is 4.42 Å². The molecule has 0 saturated heterocycles. The highest BCUT2D eigenvalue weighted by Crippen LogP contribution is 2.22. The van der Waals surface area contributed by atoms with Gasteiger partial charge in [-0.15, -0.1) is 0 Å². The fourth-order valence-corrected chi connectivity index (χ4v) is 1.97. The maximum Gasteiger partial charge on any atom is 0.191 e. The van der Waals surface area contributed by atoms with Crippen LogP contribution in [0.3, 0.4) is 0 Å². The Hall–Kier alpha value is -1.69. The maximum absolute atomic E-state index is 5.73. The third-order valence-electron chi connectivity index (χ3n) is 2.46. The number of nitrogens with zero attached hydrogens (tertiary/aromatic N) is 2. The number of aromatic nitrogens is 2. The smallest absolute Gasteiger partial charge is 0.191 e. The molecule has 3 N–H and O–H groups in total. The average Bonchev–Trinajstić information content (AvgIpc) is 2.75. The molecule has 96 valence electrons. The van der Waals surface area contributed by atoms with E-state index in [0.29, 0.717) is 16.8 Å². The number of hydrogen-bond acceptors (Lipinski definition) is 6. The van der Waals surface area contributed by atoms with E-state index in [-0.39, 0.29) is 6.04 Å². The Balaban J connectivity index is 2.16. The Labute approximate surface area is 110 Å². The van der Waals surface area contributed by atoms with Gasteiger partial charge in [0.25, 0.3) is 0 Å². The number of aryl methyl sites for hydroxylation is 1. The summed E-state index contributed by atoms with van der Waals surface area (Å²) in [5.41, 5.74) is 5.73. The van der Waals surface area contributed by atoms with Crippen molar-refractivity contribution in [1.82, 2.24) is 9.97 Å². The van der Waals surface area contributed by atoms with Gasteiger partial charge in [-0.3, -0.25) is 0 Å². The van der Waals surface area contributed by atoms with Crippen molar-refractivity contribution in [3.8, 4) is 0 Å². The predicted octanol–water partition coefficient (Wildman–Crippen LogP) is 2.86. The first-order chi connectivity index (χ1) is 8.58. The molecule has 5 nitrogen and oxygen atoms in total. The van der Waals surface area contributed by atoms with Crippen LogP contribution in [0.1, 0.15) is 24.5 Å². The summed E-state index contributed by atoms with van der Waals surface area (Å²) in [6, 6.07) is 5.64. The van der Waals surface area contributed by atoms with Gasteiger partial charge in [-0.2, -0.15) is 0 Å². The monoisotopic (exact) mass is 264 g/mol.